The van der Waals surface area contributed by atoms with Crippen molar-refractivity contribution in [2.45, 2.75) is 45.9 Å². The van der Waals surface area contributed by atoms with Crippen LogP contribution in [0.1, 0.15) is 43.5 Å². The number of aromatic nitrogens is 4. The molecule has 0 aliphatic rings. The monoisotopic (exact) mass is 364 g/mol. The molecular weight excluding hydrogens is 336 g/mol. The Morgan fingerprint density at radius 1 is 1.00 bits per heavy atom. The van der Waals surface area contributed by atoms with Gasteiger partial charge in [0, 0.05) is 25.2 Å². The van der Waals surface area contributed by atoms with Gasteiger partial charge in [-0.25, -0.2) is 4.68 Å². The third kappa shape index (κ3) is 4.99. The molecular formula is C21H28N6. The fourth-order valence-electron chi connectivity index (χ4n) is 2.91. The lowest BCUT2D eigenvalue weighted by Gasteiger charge is -2.23. The normalized spacial score (nSPS) is 12.7. The second-order valence-electron chi connectivity index (χ2n) is 7.23. The minimum atomic E-state index is 0.254. The first-order valence-corrected chi connectivity index (χ1v) is 9.38. The van der Waals surface area contributed by atoms with Gasteiger partial charge in [0.15, 0.2) is 0 Å². The predicted octanol–water partition coefficient (Wildman–Crippen LogP) is 3.35. The van der Waals surface area contributed by atoms with Crippen LogP contribution in [0.4, 0.5) is 0 Å². The van der Waals surface area contributed by atoms with E-state index in [0.717, 1.165) is 18.8 Å². The summed E-state index contributed by atoms with van der Waals surface area (Å²) in [6.45, 7) is 8.45. The van der Waals surface area contributed by atoms with E-state index < -0.39 is 0 Å². The van der Waals surface area contributed by atoms with Gasteiger partial charge in [-0.15, -0.1) is 5.10 Å². The summed E-state index contributed by atoms with van der Waals surface area (Å²) in [4.78, 5) is 2.36. The van der Waals surface area contributed by atoms with E-state index in [4.69, 9.17) is 0 Å². The molecule has 0 saturated heterocycles. The zero-order chi connectivity index (χ0) is 19.2. The lowest BCUT2D eigenvalue weighted by atomic mass is 10.0. The predicted molar refractivity (Wildman–Crippen MR) is 107 cm³/mol. The van der Waals surface area contributed by atoms with Crippen LogP contribution in [0.3, 0.4) is 0 Å². The smallest absolute Gasteiger partial charge is 0.143 e. The zero-order valence-corrected chi connectivity index (χ0v) is 16.5. The number of hydrogen-bond donors (Lipinski definition) is 1. The summed E-state index contributed by atoms with van der Waals surface area (Å²) >= 11 is 0. The molecule has 27 heavy (non-hydrogen) atoms. The molecule has 142 valence electrons. The Hall–Kier alpha value is -2.57. The van der Waals surface area contributed by atoms with Crippen molar-refractivity contribution >= 4 is 0 Å². The van der Waals surface area contributed by atoms with E-state index in [9.17, 15) is 0 Å². The van der Waals surface area contributed by atoms with E-state index in [1.165, 1.54) is 16.7 Å². The molecule has 1 unspecified atom stereocenters. The minimum Gasteiger partial charge on any atom is -0.306 e. The van der Waals surface area contributed by atoms with Gasteiger partial charge in [-0.2, -0.15) is 0 Å². The van der Waals surface area contributed by atoms with Crippen molar-refractivity contribution in [3.63, 3.8) is 0 Å². The summed E-state index contributed by atoms with van der Waals surface area (Å²) in [5, 5.41) is 14.9. The SMILES string of the molecule is CC(NCc1ccccc1CN(C)C(C)C)c1ccc(-n2cnnn2)cc1. The summed E-state index contributed by atoms with van der Waals surface area (Å²) in [6, 6.07) is 17.8. The summed E-state index contributed by atoms with van der Waals surface area (Å²) < 4.78 is 1.66. The first-order chi connectivity index (χ1) is 13.0. The lowest BCUT2D eigenvalue weighted by molar-refractivity contribution is 0.265. The Morgan fingerprint density at radius 2 is 1.70 bits per heavy atom. The van der Waals surface area contributed by atoms with Gasteiger partial charge in [-0.1, -0.05) is 36.4 Å². The second-order valence-corrected chi connectivity index (χ2v) is 7.23. The number of tetrazole rings is 1. The molecule has 0 amide bonds. The highest BCUT2D eigenvalue weighted by Gasteiger charge is 2.10. The molecule has 2 aromatic carbocycles. The quantitative estimate of drug-likeness (QED) is 0.664. The van der Waals surface area contributed by atoms with Crippen LogP contribution in [0.2, 0.25) is 0 Å². The molecule has 0 saturated carbocycles. The van der Waals surface area contributed by atoms with Gasteiger partial charge in [-0.3, -0.25) is 4.90 Å². The van der Waals surface area contributed by atoms with Crippen LogP contribution in [0, 0.1) is 0 Å². The summed E-state index contributed by atoms with van der Waals surface area (Å²) in [5.74, 6) is 0. The summed E-state index contributed by atoms with van der Waals surface area (Å²) in [6.07, 6.45) is 1.60. The third-order valence-electron chi connectivity index (χ3n) is 5.03. The molecule has 3 aromatic rings. The van der Waals surface area contributed by atoms with Crippen LogP contribution in [-0.2, 0) is 13.1 Å². The highest BCUT2D eigenvalue weighted by Crippen LogP contribution is 2.17. The molecule has 0 bridgehead atoms. The van der Waals surface area contributed by atoms with Gasteiger partial charge >= 0.3 is 0 Å². The highest BCUT2D eigenvalue weighted by atomic mass is 15.5. The van der Waals surface area contributed by atoms with Crippen molar-refractivity contribution in [2.75, 3.05) is 7.05 Å². The molecule has 0 spiro atoms. The van der Waals surface area contributed by atoms with Gasteiger partial charge < -0.3 is 5.32 Å². The Morgan fingerprint density at radius 3 is 2.33 bits per heavy atom. The van der Waals surface area contributed by atoms with Crippen LogP contribution in [0.25, 0.3) is 5.69 Å². The molecule has 0 fully saturated rings. The van der Waals surface area contributed by atoms with Gasteiger partial charge in [0.05, 0.1) is 5.69 Å². The molecule has 0 aliphatic heterocycles. The first kappa shape index (κ1) is 19.2. The fraction of sp³-hybridized carbons (Fsp3) is 0.381. The van der Waals surface area contributed by atoms with Crippen LogP contribution in [0.15, 0.2) is 54.9 Å². The number of rotatable bonds is 8. The van der Waals surface area contributed by atoms with Crippen molar-refractivity contribution in [1.82, 2.24) is 30.4 Å². The fourth-order valence-corrected chi connectivity index (χ4v) is 2.91. The number of benzene rings is 2. The average Bonchev–Trinajstić information content (AvgIpc) is 3.22. The standard InChI is InChI=1S/C21H28N6/c1-16(2)26(4)14-20-8-6-5-7-19(20)13-22-17(3)18-9-11-21(12-10-18)27-15-23-24-25-27/h5-12,15-17,22H,13-14H2,1-4H3. The maximum atomic E-state index is 3.92. The van der Waals surface area contributed by atoms with Crippen molar-refractivity contribution in [2.24, 2.45) is 0 Å². The molecule has 0 aliphatic carbocycles. The Kier molecular flexibility index (Phi) is 6.32. The van der Waals surface area contributed by atoms with Crippen LogP contribution < -0.4 is 5.32 Å². The Balaban J connectivity index is 1.63. The van der Waals surface area contributed by atoms with Crippen molar-refractivity contribution in [3.8, 4) is 5.69 Å². The molecule has 3 rings (SSSR count). The van der Waals surface area contributed by atoms with E-state index in [2.05, 4.69) is 90.0 Å². The van der Waals surface area contributed by atoms with Gasteiger partial charge in [-0.05, 0) is 67.1 Å². The van der Waals surface area contributed by atoms with Gasteiger partial charge in [0.2, 0.25) is 0 Å². The molecule has 1 heterocycles. The van der Waals surface area contributed by atoms with E-state index in [1.807, 2.05) is 12.1 Å². The summed E-state index contributed by atoms with van der Waals surface area (Å²) in [5.41, 5.74) is 4.92. The molecule has 1 N–H and O–H groups in total. The van der Waals surface area contributed by atoms with Gasteiger partial charge in [0.25, 0.3) is 0 Å². The van der Waals surface area contributed by atoms with E-state index in [-0.39, 0.29) is 6.04 Å². The topological polar surface area (TPSA) is 58.9 Å². The van der Waals surface area contributed by atoms with Crippen molar-refractivity contribution < 1.29 is 0 Å². The average molecular weight is 364 g/mol. The van der Waals surface area contributed by atoms with Crippen molar-refractivity contribution in [1.29, 1.82) is 0 Å². The molecule has 6 nitrogen and oxygen atoms in total. The Labute approximate surface area is 161 Å². The molecule has 6 heteroatoms. The first-order valence-electron chi connectivity index (χ1n) is 9.38. The van der Waals surface area contributed by atoms with E-state index in [1.54, 1.807) is 11.0 Å². The Bertz CT molecular complexity index is 826. The van der Waals surface area contributed by atoms with E-state index in [0.29, 0.717) is 6.04 Å². The number of nitrogens with zero attached hydrogens (tertiary/aromatic N) is 5. The molecule has 1 atom stereocenters. The number of nitrogens with one attached hydrogen (secondary N) is 1. The van der Waals surface area contributed by atoms with Crippen molar-refractivity contribution in [3.05, 3.63) is 71.5 Å². The maximum Gasteiger partial charge on any atom is 0.143 e. The zero-order valence-electron chi connectivity index (χ0n) is 16.5. The third-order valence-corrected chi connectivity index (χ3v) is 5.03. The molecule has 1 aromatic heterocycles. The van der Waals surface area contributed by atoms with Crippen LogP contribution in [0.5, 0.6) is 0 Å². The lowest BCUT2D eigenvalue weighted by Crippen LogP contribution is -2.27. The van der Waals surface area contributed by atoms with E-state index >= 15 is 0 Å². The largest absolute Gasteiger partial charge is 0.306 e. The number of hydrogen-bond acceptors (Lipinski definition) is 5. The summed E-state index contributed by atoms with van der Waals surface area (Å²) in [7, 11) is 2.17. The van der Waals surface area contributed by atoms with Gasteiger partial charge in [0.1, 0.15) is 6.33 Å². The second kappa shape index (κ2) is 8.88. The molecule has 0 radical (unpaired) electrons. The highest BCUT2D eigenvalue weighted by molar-refractivity contribution is 5.34. The van der Waals surface area contributed by atoms with Crippen LogP contribution in [-0.4, -0.2) is 38.2 Å². The van der Waals surface area contributed by atoms with Crippen LogP contribution >= 0.6 is 0 Å². The maximum absolute atomic E-state index is 3.92. The minimum absolute atomic E-state index is 0.254.